The first-order valence-electron chi connectivity index (χ1n) is 12.1. The summed E-state index contributed by atoms with van der Waals surface area (Å²) in [5, 5.41) is 1.28. The van der Waals surface area contributed by atoms with E-state index in [1.807, 2.05) is 6.20 Å². The van der Waals surface area contributed by atoms with Crippen LogP contribution in [0.4, 0.5) is 0 Å². The summed E-state index contributed by atoms with van der Waals surface area (Å²) in [6, 6.07) is 25.4. The van der Waals surface area contributed by atoms with Crippen LogP contribution in [0.2, 0.25) is 0 Å². The molecule has 4 aromatic rings. The van der Waals surface area contributed by atoms with Gasteiger partial charge in [0, 0.05) is 26.5 Å². The molecule has 9 rings (SSSR count). The maximum atomic E-state index is 4.59. The van der Waals surface area contributed by atoms with Gasteiger partial charge in [0.05, 0.1) is 0 Å². The average molecular weight is 584 g/mol. The zero-order valence-electron chi connectivity index (χ0n) is 18.1. The third kappa shape index (κ3) is 2.24. The number of hydrogen-bond donors (Lipinski definition) is 0. The molecule has 158 valence electrons. The fourth-order valence-electron chi connectivity index (χ4n) is 8.69. The molecule has 1 heterocycles. The second-order valence-corrected chi connectivity index (χ2v) is 10.6. The molecule has 4 bridgehead atoms. The second kappa shape index (κ2) is 6.70. The summed E-state index contributed by atoms with van der Waals surface area (Å²) in [6.07, 6.45) is 9.20. The summed E-state index contributed by atoms with van der Waals surface area (Å²) >= 11 is 0. The topological polar surface area (TPSA) is 14.1 Å². The standard InChI is InChI=1S/C30H26N.W/c1-2-8-26-25(5-1)29-24(22-6-4-10-28-23(22)11-12-31-28)7-3-9-27(29)30(26)20-14-18-13-19(16-20)17-21(30)15-18;/h1-12,18-21H,13-17H2;/q-1;. The van der Waals surface area contributed by atoms with Crippen molar-refractivity contribution in [1.82, 2.24) is 4.98 Å². The molecule has 2 heteroatoms. The van der Waals surface area contributed by atoms with Gasteiger partial charge in [0.1, 0.15) is 0 Å². The fraction of sp³-hybridized carbons (Fsp3) is 0.333. The number of fused-ring (bicyclic) bond motifs is 4. The van der Waals surface area contributed by atoms with Crippen LogP contribution < -0.4 is 4.98 Å². The van der Waals surface area contributed by atoms with Crippen molar-refractivity contribution in [3.8, 4) is 22.3 Å². The Bertz CT molecular complexity index is 1330. The van der Waals surface area contributed by atoms with Crippen molar-refractivity contribution in [3.63, 3.8) is 0 Å². The summed E-state index contributed by atoms with van der Waals surface area (Å²) in [5.41, 5.74) is 10.4. The first-order chi connectivity index (χ1) is 15.3. The van der Waals surface area contributed by atoms with Gasteiger partial charge in [-0.2, -0.15) is 6.20 Å². The van der Waals surface area contributed by atoms with Gasteiger partial charge in [0.25, 0.3) is 0 Å². The molecule has 1 aromatic heterocycles. The molecule has 5 aliphatic carbocycles. The van der Waals surface area contributed by atoms with Gasteiger partial charge in [-0.05, 0) is 94.5 Å². The molecule has 0 amide bonds. The fourth-order valence-corrected chi connectivity index (χ4v) is 8.69. The minimum absolute atomic E-state index is 0. The van der Waals surface area contributed by atoms with E-state index >= 15 is 0 Å². The van der Waals surface area contributed by atoms with Crippen molar-refractivity contribution >= 4 is 10.9 Å². The van der Waals surface area contributed by atoms with Crippen LogP contribution in [0.15, 0.2) is 72.9 Å². The van der Waals surface area contributed by atoms with Crippen molar-refractivity contribution in [2.75, 3.05) is 0 Å². The van der Waals surface area contributed by atoms with Gasteiger partial charge in [-0.3, -0.25) is 0 Å². The maximum absolute atomic E-state index is 4.59. The number of hydrogen-bond acceptors (Lipinski definition) is 0. The molecule has 0 saturated heterocycles. The maximum Gasteiger partial charge on any atom is 0.0272 e. The average Bonchev–Trinajstić information content (AvgIpc) is 3.39. The number of benzene rings is 3. The summed E-state index contributed by atoms with van der Waals surface area (Å²) < 4.78 is 0. The molecule has 5 aliphatic rings. The second-order valence-electron chi connectivity index (χ2n) is 10.6. The largest absolute Gasteiger partial charge is 0.664 e. The van der Waals surface area contributed by atoms with Crippen LogP contribution in [0, 0.1) is 23.7 Å². The Morgan fingerprint density at radius 1 is 0.625 bits per heavy atom. The normalized spacial score (nSPS) is 31.0. The zero-order valence-corrected chi connectivity index (χ0v) is 21.1. The van der Waals surface area contributed by atoms with Crippen molar-refractivity contribution in [3.05, 3.63) is 84.1 Å². The van der Waals surface area contributed by atoms with Gasteiger partial charge in [-0.1, -0.05) is 66.7 Å². The Balaban J connectivity index is 0.00000180. The third-order valence-corrected chi connectivity index (χ3v) is 9.41. The van der Waals surface area contributed by atoms with Crippen LogP contribution in [0.25, 0.3) is 33.2 Å². The zero-order chi connectivity index (χ0) is 20.2. The Labute approximate surface area is 203 Å². The van der Waals surface area contributed by atoms with E-state index in [0.29, 0.717) is 0 Å². The number of nitrogens with zero attached hydrogens (tertiary/aromatic N) is 1. The van der Waals surface area contributed by atoms with E-state index < -0.39 is 0 Å². The van der Waals surface area contributed by atoms with E-state index in [4.69, 9.17) is 0 Å². The molecule has 4 saturated carbocycles. The van der Waals surface area contributed by atoms with E-state index in [2.05, 4.69) is 71.7 Å². The van der Waals surface area contributed by atoms with Gasteiger partial charge < -0.3 is 4.98 Å². The molecule has 0 aliphatic heterocycles. The molecule has 1 spiro atoms. The minimum atomic E-state index is 0. The Kier molecular flexibility index (Phi) is 4.06. The van der Waals surface area contributed by atoms with Crippen molar-refractivity contribution < 1.29 is 21.1 Å². The molecule has 0 radical (unpaired) electrons. The third-order valence-electron chi connectivity index (χ3n) is 9.41. The molecule has 0 atom stereocenters. The van der Waals surface area contributed by atoms with Crippen LogP contribution in [0.5, 0.6) is 0 Å². The minimum Gasteiger partial charge on any atom is -0.664 e. The van der Waals surface area contributed by atoms with E-state index in [1.165, 1.54) is 59.7 Å². The predicted molar refractivity (Wildman–Crippen MR) is 126 cm³/mol. The molecular formula is C30H26NW-. The van der Waals surface area contributed by atoms with Crippen molar-refractivity contribution in [2.45, 2.75) is 37.5 Å². The van der Waals surface area contributed by atoms with E-state index in [0.717, 1.165) is 29.2 Å². The van der Waals surface area contributed by atoms with Crippen LogP contribution in [-0.4, -0.2) is 0 Å². The van der Waals surface area contributed by atoms with E-state index in [9.17, 15) is 0 Å². The van der Waals surface area contributed by atoms with E-state index in [1.54, 1.807) is 11.1 Å². The predicted octanol–water partition coefficient (Wildman–Crippen LogP) is 7.18. The summed E-state index contributed by atoms with van der Waals surface area (Å²) in [4.78, 5) is 4.59. The van der Waals surface area contributed by atoms with Gasteiger partial charge in [0.2, 0.25) is 0 Å². The Morgan fingerprint density at radius 2 is 1.28 bits per heavy atom. The van der Waals surface area contributed by atoms with Gasteiger partial charge >= 0.3 is 0 Å². The van der Waals surface area contributed by atoms with Crippen LogP contribution in [-0.2, 0) is 26.5 Å². The first-order valence-corrected chi connectivity index (χ1v) is 12.1. The molecular weight excluding hydrogens is 558 g/mol. The van der Waals surface area contributed by atoms with Crippen LogP contribution in [0.3, 0.4) is 0 Å². The van der Waals surface area contributed by atoms with Crippen LogP contribution in [0.1, 0.15) is 43.2 Å². The Hall–Kier alpha value is -2.11. The molecule has 32 heavy (non-hydrogen) atoms. The first kappa shape index (κ1) is 19.4. The van der Waals surface area contributed by atoms with E-state index in [-0.39, 0.29) is 26.5 Å². The summed E-state index contributed by atoms with van der Waals surface area (Å²) in [7, 11) is 0. The molecule has 0 N–H and O–H groups in total. The van der Waals surface area contributed by atoms with Crippen molar-refractivity contribution in [2.24, 2.45) is 23.7 Å². The monoisotopic (exact) mass is 584 g/mol. The molecule has 0 unspecified atom stereocenters. The quantitative estimate of drug-likeness (QED) is 0.231. The summed E-state index contributed by atoms with van der Waals surface area (Å²) in [6.45, 7) is 0. The smallest absolute Gasteiger partial charge is 0.0272 e. The molecule has 4 fully saturated rings. The number of aromatic nitrogens is 1. The van der Waals surface area contributed by atoms with Gasteiger partial charge in [0.15, 0.2) is 0 Å². The number of rotatable bonds is 1. The molecule has 3 aromatic carbocycles. The van der Waals surface area contributed by atoms with Gasteiger partial charge in [-0.25, -0.2) is 0 Å². The SMILES string of the molecule is [W].c1ccc2c(c1)-c1c(-c3cccc4[n-]ccc34)cccc1C21C2CC3CC(C2)CC1C3. The van der Waals surface area contributed by atoms with Crippen LogP contribution >= 0.6 is 0 Å². The summed E-state index contributed by atoms with van der Waals surface area (Å²) in [5.74, 6) is 3.60. The van der Waals surface area contributed by atoms with Crippen molar-refractivity contribution in [1.29, 1.82) is 0 Å². The molecule has 1 nitrogen and oxygen atoms in total. The Morgan fingerprint density at radius 3 is 2.09 bits per heavy atom. The van der Waals surface area contributed by atoms with Gasteiger partial charge in [-0.15, -0.1) is 5.52 Å².